The summed E-state index contributed by atoms with van der Waals surface area (Å²) in [6.45, 7) is 0.265. The number of nitrogens with zero attached hydrogens (tertiary/aromatic N) is 2. The predicted octanol–water partition coefficient (Wildman–Crippen LogP) is 3.65. The van der Waals surface area contributed by atoms with Crippen molar-refractivity contribution < 1.29 is 19.4 Å². The Morgan fingerprint density at radius 3 is 2.90 bits per heavy atom. The molecule has 2 aromatic heterocycles. The molecule has 1 atom stereocenters. The molecule has 31 heavy (non-hydrogen) atoms. The lowest BCUT2D eigenvalue weighted by molar-refractivity contribution is -0.0541. The van der Waals surface area contributed by atoms with Crippen LogP contribution >= 0.6 is 11.3 Å². The van der Waals surface area contributed by atoms with Crippen molar-refractivity contribution in [2.45, 2.75) is 12.3 Å². The average Bonchev–Trinajstić information content (AvgIpc) is 3.49. The molecule has 156 valence electrons. The number of fused-ring (bicyclic) bond motifs is 2. The van der Waals surface area contributed by atoms with Crippen molar-refractivity contribution in [3.63, 3.8) is 0 Å². The largest absolute Gasteiger partial charge is 0.453 e. The molecule has 0 spiro atoms. The van der Waals surface area contributed by atoms with Gasteiger partial charge in [-0.3, -0.25) is 15.0 Å². The number of methoxy groups -OCH3 is 1. The molecule has 0 fully saturated rings. The van der Waals surface area contributed by atoms with E-state index in [1.54, 1.807) is 42.5 Å². The van der Waals surface area contributed by atoms with Gasteiger partial charge in [0.25, 0.3) is 5.91 Å². The second-order valence-corrected chi connectivity index (χ2v) is 7.95. The van der Waals surface area contributed by atoms with E-state index in [1.807, 2.05) is 16.8 Å². The number of H-pyrrole nitrogens is 1. The number of carbonyl (C=O) groups is 2. The van der Waals surface area contributed by atoms with E-state index in [9.17, 15) is 14.7 Å². The molecule has 0 bridgehead atoms. The molecule has 8 nitrogen and oxygen atoms in total. The lowest BCUT2D eigenvalue weighted by atomic mass is 9.93. The normalized spacial score (nSPS) is 17.7. The smallest absolute Gasteiger partial charge is 0.413 e. The molecule has 3 N–H and O–H groups in total. The number of carbonyl (C=O) groups excluding carboxylic acids is 2. The van der Waals surface area contributed by atoms with Gasteiger partial charge in [-0.2, -0.15) is 11.3 Å². The Morgan fingerprint density at radius 2 is 2.13 bits per heavy atom. The maximum Gasteiger partial charge on any atom is 0.413 e. The number of hydrogen-bond donors (Lipinski definition) is 3. The van der Waals surface area contributed by atoms with E-state index in [-0.39, 0.29) is 18.4 Å². The van der Waals surface area contributed by atoms with Crippen molar-refractivity contribution in [1.29, 1.82) is 0 Å². The van der Waals surface area contributed by atoms with E-state index in [4.69, 9.17) is 0 Å². The number of thiophene rings is 1. The van der Waals surface area contributed by atoms with Gasteiger partial charge in [0.1, 0.15) is 0 Å². The van der Waals surface area contributed by atoms with Crippen molar-refractivity contribution in [3.8, 4) is 0 Å². The first-order valence-corrected chi connectivity index (χ1v) is 10.4. The van der Waals surface area contributed by atoms with E-state index in [0.717, 1.165) is 5.56 Å². The van der Waals surface area contributed by atoms with Gasteiger partial charge in [0.15, 0.2) is 5.72 Å². The number of anilines is 1. The zero-order valence-electron chi connectivity index (χ0n) is 16.5. The highest BCUT2D eigenvalue weighted by Crippen LogP contribution is 2.43. The summed E-state index contributed by atoms with van der Waals surface area (Å²) in [6.07, 6.45) is -0.643. The minimum Gasteiger partial charge on any atom is -0.453 e. The molecule has 4 aromatic rings. The van der Waals surface area contributed by atoms with Crippen LogP contribution in [0, 0.1) is 0 Å². The second kappa shape index (κ2) is 7.22. The Kier molecular flexibility index (Phi) is 4.49. The monoisotopic (exact) mass is 434 g/mol. The lowest BCUT2D eigenvalue weighted by Gasteiger charge is -2.34. The van der Waals surface area contributed by atoms with Crippen molar-refractivity contribution >= 4 is 40.3 Å². The number of nitrogens with one attached hydrogen (secondary N) is 2. The molecule has 1 aliphatic rings. The van der Waals surface area contributed by atoms with Crippen LogP contribution in [0.25, 0.3) is 11.0 Å². The van der Waals surface area contributed by atoms with Crippen molar-refractivity contribution in [2.24, 2.45) is 0 Å². The first kappa shape index (κ1) is 19.3. The van der Waals surface area contributed by atoms with Crippen LogP contribution in [0.1, 0.15) is 27.0 Å². The number of benzene rings is 2. The van der Waals surface area contributed by atoms with Gasteiger partial charge in [-0.15, -0.1) is 0 Å². The van der Waals surface area contributed by atoms with Crippen LogP contribution in [0.3, 0.4) is 0 Å². The maximum atomic E-state index is 13.2. The molecule has 5 rings (SSSR count). The Hall–Kier alpha value is -3.69. The number of aromatic amines is 1. The summed E-state index contributed by atoms with van der Waals surface area (Å²) in [5.41, 5.74) is 1.98. The number of hydrogen-bond acceptors (Lipinski definition) is 6. The van der Waals surface area contributed by atoms with Crippen LogP contribution in [0.4, 0.5) is 10.7 Å². The van der Waals surface area contributed by atoms with E-state index < -0.39 is 11.8 Å². The molecule has 0 radical (unpaired) electrons. The third-order valence-electron chi connectivity index (χ3n) is 5.38. The molecular formula is C22H18N4O4S. The number of ether oxygens (including phenoxy) is 1. The van der Waals surface area contributed by atoms with Crippen molar-refractivity contribution in [1.82, 2.24) is 14.9 Å². The van der Waals surface area contributed by atoms with E-state index in [0.29, 0.717) is 27.7 Å². The fourth-order valence-electron chi connectivity index (χ4n) is 3.90. The summed E-state index contributed by atoms with van der Waals surface area (Å²) in [7, 11) is 1.27. The van der Waals surface area contributed by atoms with Crippen molar-refractivity contribution in [2.75, 3.05) is 12.4 Å². The van der Waals surface area contributed by atoms with Gasteiger partial charge in [-0.05, 0) is 40.6 Å². The zero-order chi connectivity index (χ0) is 21.6. The van der Waals surface area contributed by atoms with Crippen LogP contribution in [0.2, 0.25) is 0 Å². The van der Waals surface area contributed by atoms with Gasteiger partial charge in [-0.1, -0.05) is 24.3 Å². The molecule has 3 heterocycles. The number of amides is 2. The Labute approximate surface area is 181 Å². The topological polar surface area (TPSA) is 108 Å². The molecule has 2 amide bonds. The summed E-state index contributed by atoms with van der Waals surface area (Å²) in [5, 5.41) is 18.4. The molecule has 0 aliphatic carbocycles. The lowest BCUT2D eigenvalue weighted by Crippen LogP contribution is -2.44. The summed E-state index contributed by atoms with van der Waals surface area (Å²) in [5.74, 6) is -0.0107. The summed E-state index contributed by atoms with van der Waals surface area (Å²) in [6, 6.07) is 14.2. The molecule has 2 aromatic carbocycles. The molecule has 9 heteroatoms. The van der Waals surface area contributed by atoms with Gasteiger partial charge in [0.2, 0.25) is 5.95 Å². The highest BCUT2D eigenvalue weighted by atomic mass is 32.1. The summed E-state index contributed by atoms with van der Waals surface area (Å²) >= 11 is 1.54. The fraction of sp³-hybridized carbons (Fsp3) is 0.136. The number of aromatic nitrogens is 2. The fourth-order valence-corrected chi connectivity index (χ4v) is 4.56. The minimum absolute atomic E-state index is 0.226. The standard InChI is InChI=1S/C22H18N4O4S/c1-30-21(28)25-20-23-17-7-6-14(10-18(17)24-20)22(29)16-5-3-2-4-15(16)19(27)26(22)11-13-8-9-31-12-13/h2-10,12,29H,11H2,1H3,(H2,23,24,25,28). The first-order valence-electron chi connectivity index (χ1n) is 9.51. The molecular weight excluding hydrogens is 416 g/mol. The zero-order valence-corrected chi connectivity index (χ0v) is 17.3. The predicted molar refractivity (Wildman–Crippen MR) is 116 cm³/mol. The third kappa shape index (κ3) is 3.06. The number of imidazole rings is 1. The summed E-state index contributed by atoms with van der Waals surface area (Å²) in [4.78, 5) is 33.5. The molecule has 0 saturated carbocycles. The summed E-state index contributed by atoms with van der Waals surface area (Å²) < 4.78 is 4.59. The Balaban J connectivity index is 1.62. The highest BCUT2D eigenvalue weighted by molar-refractivity contribution is 7.07. The van der Waals surface area contributed by atoms with E-state index in [2.05, 4.69) is 20.0 Å². The minimum atomic E-state index is -1.65. The van der Waals surface area contributed by atoms with Gasteiger partial charge >= 0.3 is 6.09 Å². The van der Waals surface area contributed by atoms with Gasteiger partial charge < -0.3 is 14.8 Å². The molecule has 0 saturated heterocycles. The molecule has 1 unspecified atom stereocenters. The van der Waals surface area contributed by atoms with Gasteiger partial charge in [0, 0.05) is 16.7 Å². The van der Waals surface area contributed by atoms with Crippen LogP contribution in [-0.2, 0) is 17.0 Å². The third-order valence-corrected chi connectivity index (χ3v) is 6.11. The number of aliphatic hydroxyl groups is 1. The average molecular weight is 434 g/mol. The first-order chi connectivity index (χ1) is 15.0. The van der Waals surface area contributed by atoms with E-state index in [1.165, 1.54) is 23.3 Å². The van der Waals surface area contributed by atoms with E-state index >= 15 is 0 Å². The second-order valence-electron chi connectivity index (χ2n) is 7.17. The maximum absolute atomic E-state index is 13.2. The Morgan fingerprint density at radius 1 is 1.29 bits per heavy atom. The highest BCUT2D eigenvalue weighted by Gasteiger charge is 2.49. The van der Waals surface area contributed by atoms with Gasteiger partial charge in [-0.25, -0.2) is 9.78 Å². The van der Waals surface area contributed by atoms with Crippen LogP contribution in [0.5, 0.6) is 0 Å². The van der Waals surface area contributed by atoms with Crippen LogP contribution in [-0.4, -0.2) is 39.1 Å². The van der Waals surface area contributed by atoms with Crippen molar-refractivity contribution in [3.05, 3.63) is 81.5 Å². The van der Waals surface area contributed by atoms with Crippen LogP contribution < -0.4 is 5.32 Å². The van der Waals surface area contributed by atoms with Crippen LogP contribution in [0.15, 0.2) is 59.3 Å². The molecule has 1 aliphatic heterocycles. The SMILES string of the molecule is COC(=O)Nc1nc2cc(C3(O)c4ccccc4C(=O)N3Cc3ccsc3)ccc2[nH]1. The van der Waals surface area contributed by atoms with Gasteiger partial charge in [0.05, 0.1) is 24.7 Å². The Bertz CT molecular complexity index is 1300. The quantitative estimate of drug-likeness (QED) is 0.454. The number of rotatable bonds is 4.